The number of ether oxygens (including phenoxy) is 1. The Bertz CT molecular complexity index is 878. The molecule has 29 heavy (non-hydrogen) atoms. The summed E-state index contributed by atoms with van der Waals surface area (Å²) in [6.07, 6.45) is 6.33. The van der Waals surface area contributed by atoms with E-state index in [2.05, 4.69) is 35.6 Å². The Kier molecular flexibility index (Phi) is 4.73. The van der Waals surface area contributed by atoms with Crippen molar-refractivity contribution in [1.82, 2.24) is 5.32 Å². The maximum Gasteiger partial charge on any atom is 0.312 e. The van der Waals surface area contributed by atoms with Gasteiger partial charge in [-0.1, -0.05) is 36.4 Å². The number of hydrogen-bond acceptors (Lipinski definition) is 4. The fourth-order valence-electron chi connectivity index (χ4n) is 6.56. The summed E-state index contributed by atoms with van der Waals surface area (Å²) in [5, 5.41) is 4.83. The minimum absolute atomic E-state index is 0.103. The number of esters is 1. The highest BCUT2D eigenvalue weighted by Crippen LogP contribution is 2.66. The molecule has 0 radical (unpaired) electrons. The fourth-order valence-corrected chi connectivity index (χ4v) is 7.21. The summed E-state index contributed by atoms with van der Waals surface area (Å²) in [5.41, 5.74) is 1.07. The second kappa shape index (κ2) is 7.28. The molecule has 1 heterocycles. The summed E-state index contributed by atoms with van der Waals surface area (Å²) in [7, 11) is 0. The van der Waals surface area contributed by atoms with E-state index in [1.807, 2.05) is 17.5 Å². The van der Waals surface area contributed by atoms with Gasteiger partial charge in [-0.3, -0.25) is 9.59 Å². The fraction of sp³-hybridized carbons (Fsp3) is 0.500. The van der Waals surface area contributed by atoms with Gasteiger partial charge >= 0.3 is 5.97 Å². The van der Waals surface area contributed by atoms with Crippen molar-refractivity contribution in [3.8, 4) is 0 Å². The first kappa shape index (κ1) is 18.9. The first-order valence-electron chi connectivity index (χ1n) is 10.6. The molecule has 4 saturated carbocycles. The van der Waals surface area contributed by atoms with Gasteiger partial charge in [-0.05, 0) is 72.8 Å². The zero-order valence-corrected chi connectivity index (χ0v) is 17.4. The number of carbonyl (C=O) groups is 2. The van der Waals surface area contributed by atoms with Crippen molar-refractivity contribution in [3.63, 3.8) is 0 Å². The molecule has 0 saturated heterocycles. The number of thiophene rings is 1. The number of hydrogen-bond donors (Lipinski definition) is 1. The van der Waals surface area contributed by atoms with Gasteiger partial charge in [0.25, 0.3) is 5.91 Å². The number of carbonyl (C=O) groups excluding carboxylic acids is 2. The van der Waals surface area contributed by atoms with Crippen LogP contribution in [-0.2, 0) is 26.3 Å². The largest absolute Gasteiger partial charge is 0.455 e. The summed E-state index contributed by atoms with van der Waals surface area (Å²) >= 11 is 1.60. The molecule has 4 atom stereocenters. The molecule has 0 spiro atoms. The first-order valence-corrected chi connectivity index (χ1v) is 11.5. The van der Waals surface area contributed by atoms with Crippen LogP contribution in [0, 0.1) is 17.3 Å². The monoisotopic (exact) mass is 409 g/mol. The maximum absolute atomic E-state index is 13.2. The van der Waals surface area contributed by atoms with E-state index in [4.69, 9.17) is 4.74 Å². The molecule has 4 fully saturated rings. The van der Waals surface area contributed by atoms with E-state index in [1.54, 1.807) is 11.3 Å². The van der Waals surface area contributed by atoms with Crippen molar-refractivity contribution >= 4 is 23.2 Å². The summed E-state index contributed by atoms with van der Waals surface area (Å²) in [6, 6.07) is 14.7. The van der Waals surface area contributed by atoms with Crippen LogP contribution in [-0.4, -0.2) is 18.5 Å². The van der Waals surface area contributed by atoms with E-state index in [1.165, 1.54) is 24.8 Å². The molecule has 6 rings (SSSR count). The predicted octanol–water partition coefficient (Wildman–Crippen LogP) is 4.45. The van der Waals surface area contributed by atoms with Gasteiger partial charge in [0.1, 0.15) is 0 Å². The molecule has 1 amide bonds. The van der Waals surface area contributed by atoms with Crippen molar-refractivity contribution < 1.29 is 14.3 Å². The average molecular weight is 410 g/mol. The molecule has 5 heteroatoms. The third-order valence-corrected chi connectivity index (χ3v) is 8.13. The molecule has 2 unspecified atom stereocenters. The Morgan fingerprint density at radius 3 is 2.48 bits per heavy atom. The van der Waals surface area contributed by atoms with Crippen LogP contribution in [0.15, 0.2) is 47.8 Å². The lowest BCUT2D eigenvalue weighted by Crippen LogP contribution is -2.57. The van der Waals surface area contributed by atoms with E-state index < -0.39 is 5.41 Å². The topological polar surface area (TPSA) is 55.4 Å². The SMILES string of the molecule is O=C(COC(=O)C12C[C@H]3C[C@@H](C1)CC(c1ccccc1)(C3)C2)NCc1cccs1. The Labute approximate surface area is 175 Å². The second-order valence-corrected chi connectivity index (χ2v) is 10.4. The molecule has 0 aliphatic heterocycles. The lowest BCUT2D eigenvalue weighted by molar-refractivity contribution is -0.175. The van der Waals surface area contributed by atoms with E-state index in [0.29, 0.717) is 18.4 Å². The Balaban J connectivity index is 1.26. The van der Waals surface area contributed by atoms with Gasteiger partial charge in [0.2, 0.25) is 0 Å². The third-order valence-electron chi connectivity index (χ3n) is 7.25. The first-order chi connectivity index (χ1) is 14.1. The summed E-state index contributed by atoms with van der Waals surface area (Å²) < 4.78 is 5.59. The van der Waals surface area contributed by atoms with Gasteiger partial charge < -0.3 is 10.1 Å². The summed E-state index contributed by atoms with van der Waals surface area (Å²) in [4.78, 5) is 26.5. The van der Waals surface area contributed by atoms with Crippen LogP contribution in [0.2, 0.25) is 0 Å². The number of amides is 1. The zero-order valence-electron chi connectivity index (χ0n) is 16.6. The Hall–Kier alpha value is -2.14. The molecule has 4 aliphatic rings. The van der Waals surface area contributed by atoms with Crippen molar-refractivity contribution in [2.24, 2.45) is 17.3 Å². The van der Waals surface area contributed by atoms with Gasteiger partial charge in [0, 0.05) is 4.88 Å². The van der Waals surface area contributed by atoms with Crippen LogP contribution in [0.25, 0.3) is 0 Å². The molecule has 4 aliphatic carbocycles. The molecule has 2 aromatic rings. The van der Waals surface area contributed by atoms with Crippen molar-refractivity contribution in [2.45, 2.75) is 50.5 Å². The minimum Gasteiger partial charge on any atom is -0.455 e. The Morgan fingerprint density at radius 1 is 1.03 bits per heavy atom. The normalized spacial score (nSPS) is 32.1. The molecule has 4 bridgehead atoms. The van der Waals surface area contributed by atoms with Crippen LogP contribution in [0.1, 0.15) is 49.0 Å². The zero-order chi connectivity index (χ0) is 19.9. The van der Waals surface area contributed by atoms with Gasteiger partial charge in [0.15, 0.2) is 6.61 Å². The van der Waals surface area contributed by atoms with Gasteiger partial charge in [-0.25, -0.2) is 0 Å². The van der Waals surface area contributed by atoms with E-state index >= 15 is 0 Å². The van der Waals surface area contributed by atoms with Gasteiger partial charge in [-0.15, -0.1) is 11.3 Å². The van der Waals surface area contributed by atoms with Crippen LogP contribution in [0.4, 0.5) is 0 Å². The number of nitrogens with one attached hydrogen (secondary N) is 1. The molecule has 1 N–H and O–H groups in total. The molecule has 152 valence electrons. The average Bonchev–Trinajstić information content (AvgIpc) is 3.24. The van der Waals surface area contributed by atoms with Gasteiger partial charge in [0.05, 0.1) is 12.0 Å². The maximum atomic E-state index is 13.2. The number of rotatable bonds is 6. The van der Waals surface area contributed by atoms with Crippen molar-refractivity contribution in [2.75, 3.05) is 6.61 Å². The van der Waals surface area contributed by atoms with Crippen LogP contribution >= 0.6 is 11.3 Å². The highest BCUT2D eigenvalue weighted by Gasteiger charge is 2.61. The molecule has 1 aromatic heterocycles. The highest BCUT2D eigenvalue weighted by molar-refractivity contribution is 7.09. The highest BCUT2D eigenvalue weighted by atomic mass is 32.1. The molecular formula is C24H27NO3S. The van der Waals surface area contributed by atoms with Crippen molar-refractivity contribution in [3.05, 3.63) is 58.3 Å². The van der Waals surface area contributed by atoms with Gasteiger partial charge in [-0.2, -0.15) is 0 Å². The van der Waals surface area contributed by atoms with Crippen LogP contribution in [0.3, 0.4) is 0 Å². The van der Waals surface area contributed by atoms with Crippen LogP contribution in [0.5, 0.6) is 0 Å². The molecule has 1 aromatic carbocycles. The predicted molar refractivity (Wildman–Crippen MR) is 112 cm³/mol. The lowest BCUT2D eigenvalue weighted by Gasteiger charge is -2.61. The van der Waals surface area contributed by atoms with E-state index in [9.17, 15) is 9.59 Å². The summed E-state index contributed by atoms with van der Waals surface area (Å²) in [6.45, 7) is 0.306. The number of benzene rings is 1. The van der Waals surface area contributed by atoms with Crippen LogP contribution < -0.4 is 5.32 Å². The lowest BCUT2D eigenvalue weighted by atomic mass is 9.43. The standard InChI is InChI=1S/C24H27NO3S/c26-21(25-14-20-7-4-8-29-20)15-28-22(27)24-12-17-9-18(13-24)11-23(10-17,16-24)19-5-2-1-3-6-19/h1-8,17-18H,9-16H2,(H,25,26)/t17-,18+,23?,24?. The smallest absolute Gasteiger partial charge is 0.312 e. The minimum atomic E-state index is -0.409. The summed E-state index contributed by atoms with van der Waals surface area (Å²) in [5.74, 6) is 0.806. The van der Waals surface area contributed by atoms with E-state index in [-0.39, 0.29) is 23.9 Å². The molecular weight excluding hydrogens is 382 g/mol. The third kappa shape index (κ3) is 3.50. The quantitative estimate of drug-likeness (QED) is 0.718. The van der Waals surface area contributed by atoms with E-state index in [0.717, 1.165) is 24.1 Å². The molecule has 4 nitrogen and oxygen atoms in total. The Morgan fingerprint density at radius 2 is 1.79 bits per heavy atom. The second-order valence-electron chi connectivity index (χ2n) is 9.32. The van der Waals surface area contributed by atoms with Crippen molar-refractivity contribution in [1.29, 1.82) is 0 Å².